The van der Waals surface area contributed by atoms with Crippen LogP contribution in [0.15, 0.2) is 35.4 Å². The van der Waals surface area contributed by atoms with Crippen LogP contribution in [-0.4, -0.2) is 15.8 Å². The average molecular weight is 233 g/mol. The van der Waals surface area contributed by atoms with E-state index in [-0.39, 0.29) is 0 Å². The van der Waals surface area contributed by atoms with Crippen molar-refractivity contribution < 1.29 is 0 Å². The van der Waals surface area contributed by atoms with E-state index in [1.807, 2.05) is 36.9 Å². The quantitative estimate of drug-likeness (QED) is 0.826. The number of aromatic nitrogens is 2. The highest BCUT2D eigenvalue weighted by atomic mass is 32.2. The molecule has 3 nitrogen and oxygen atoms in total. The summed E-state index contributed by atoms with van der Waals surface area (Å²) in [4.78, 5) is 5.65. The van der Waals surface area contributed by atoms with Crippen molar-refractivity contribution in [1.82, 2.24) is 9.55 Å². The number of hydrogen-bond acceptors (Lipinski definition) is 3. The molecular weight excluding hydrogens is 218 g/mol. The van der Waals surface area contributed by atoms with Gasteiger partial charge in [-0.15, -0.1) is 11.8 Å². The molecule has 1 heterocycles. The Morgan fingerprint density at radius 3 is 2.69 bits per heavy atom. The van der Waals surface area contributed by atoms with Gasteiger partial charge in [-0.25, -0.2) is 4.98 Å². The summed E-state index contributed by atoms with van der Waals surface area (Å²) in [7, 11) is 1.99. The van der Waals surface area contributed by atoms with Gasteiger partial charge in [0.2, 0.25) is 5.95 Å². The first-order valence-electron chi connectivity index (χ1n) is 5.10. The zero-order valence-electron chi connectivity index (χ0n) is 9.69. The van der Waals surface area contributed by atoms with Crippen LogP contribution in [0.25, 0.3) is 0 Å². The first-order valence-corrected chi connectivity index (χ1v) is 6.33. The van der Waals surface area contributed by atoms with Crippen LogP contribution < -0.4 is 5.32 Å². The smallest absolute Gasteiger partial charge is 0.207 e. The van der Waals surface area contributed by atoms with Gasteiger partial charge >= 0.3 is 0 Å². The molecule has 0 unspecified atom stereocenters. The molecule has 0 bridgehead atoms. The van der Waals surface area contributed by atoms with Gasteiger partial charge in [-0.1, -0.05) is 12.1 Å². The maximum atomic E-state index is 4.42. The van der Waals surface area contributed by atoms with E-state index in [9.17, 15) is 0 Å². The molecule has 0 saturated carbocycles. The number of anilines is 2. The molecule has 0 aliphatic heterocycles. The van der Waals surface area contributed by atoms with E-state index in [1.165, 1.54) is 4.90 Å². The molecule has 0 saturated heterocycles. The lowest BCUT2D eigenvalue weighted by Crippen LogP contribution is -1.99. The number of thioether (sulfide) groups is 1. The molecular formula is C12H15N3S. The largest absolute Gasteiger partial charge is 0.325 e. The van der Waals surface area contributed by atoms with Gasteiger partial charge in [-0.3, -0.25) is 0 Å². The molecule has 0 amide bonds. The lowest BCUT2D eigenvalue weighted by molar-refractivity contribution is 0.922. The van der Waals surface area contributed by atoms with E-state index in [0.29, 0.717) is 0 Å². The fourth-order valence-electron chi connectivity index (χ4n) is 1.60. The SMILES string of the molecule is CSc1ccccc1Nc1nc(C)cn1C. The summed E-state index contributed by atoms with van der Waals surface area (Å²) in [6.45, 7) is 1.99. The van der Waals surface area contributed by atoms with Crippen molar-refractivity contribution in [3.63, 3.8) is 0 Å². The monoisotopic (exact) mass is 233 g/mol. The van der Waals surface area contributed by atoms with Gasteiger partial charge in [0, 0.05) is 18.1 Å². The minimum absolute atomic E-state index is 0.874. The number of benzene rings is 1. The Bertz CT molecular complexity index is 491. The fraction of sp³-hybridized carbons (Fsp3) is 0.250. The summed E-state index contributed by atoms with van der Waals surface area (Å²) in [5, 5.41) is 3.34. The molecule has 1 aromatic carbocycles. The minimum Gasteiger partial charge on any atom is -0.325 e. The molecule has 1 aromatic heterocycles. The fourth-order valence-corrected chi connectivity index (χ4v) is 2.15. The highest BCUT2D eigenvalue weighted by Gasteiger charge is 2.05. The minimum atomic E-state index is 0.874. The summed E-state index contributed by atoms with van der Waals surface area (Å²) >= 11 is 1.73. The predicted octanol–water partition coefficient (Wildman–Crippen LogP) is 3.19. The number of hydrogen-bond donors (Lipinski definition) is 1. The van der Waals surface area contributed by atoms with Crippen molar-refractivity contribution in [2.45, 2.75) is 11.8 Å². The summed E-state index contributed by atoms with van der Waals surface area (Å²) in [6, 6.07) is 8.23. The molecule has 0 atom stereocenters. The molecule has 0 spiro atoms. The first kappa shape index (κ1) is 11.1. The van der Waals surface area contributed by atoms with Crippen LogP contribution in [0.2, 0.25) is 0 Å². The Labute approximate surface area is 99.9 Å². The number of nitrogens with one attached hydrogen (secondary N) is 1. The van der Waals surface area contributed by atoms with Crippen LogP contribution >= 0.6 is 11.8 Å². The summed E-state index contributed by atoms with van der Waals surface area (Å²) in [5.74, 6) is 0.874. The van der Waals surface area contributed by atoms with Crippen molar-refractivity contribution in [2.24, 2.45) is 7.05 Å². The predicted molar refractivity (Wildman–Crippen MR) is 69.5 cm³/mol. The van der Waals surface area contributed by atoms with Gasteiger partial charge in [0.25, 0.3) is 0 Å². The van der Waals surface area contributed by atoms with Crippen molar-refractivity contribution >= 4 is 23.4 Å². The second-order valence-corrected chi connectivity index (χ2v) is 4.49. The van der Waals surface area contributed by atoms with Crippen molar-refractivity contribution in [3.05, 3.63) is 36.2 Å². The Balaban J connectivity index is 2.30. The Kier molecular flexibility index (Phi) is 3.19. The zero-order chi connectivity index (χ0) is 11.5. The lowest BCUT2D eigenvalue weighted by atomic mass is 10.3. The zero-order valence-corrected chi connectivity index (χ0v) is 10.5. The van der Waals surface area contributed by atoms with Gasteiger partial charge in [-0.2, -0.15) is 0 Å². The first-order chi connectivity index (χ1) is 7.70. The van der Waals surface area contributed by atoms with Crippen molar-refractivity contribution in [3.8, 4) is 0 Å². The Morgan fingerprint density at radius 1 is 1.31 bits per heavy atom. The lowest BCUT2D eigenvalue weighted by Gasteiger charge is -2.09. The third-order valence-corrected chi connectivity index (χ3v) is 3.15. The van der Waals surface area contributed by atoms with Crippen LogP contribution in [-0.2, 0) is 7.05 Å². The van der Waals surface area contributed by atoms with Gasteiger partial charge in [0.15, 0.2) is 0 Å². The average Bonchev–Trinajstić information content (AvgIpc) is 2.58. The molecule has 0 fully saturated rings. The van der Waals surface area contributed by atoms with Crippen molar-refractivity contribution in [2.75, 3.05) is 11.6 Å². The van der Waals surface area contributed by atoms with E-state index in [0.717, 1.165) is 17.3 Å². The molecule has 84 valence electrons. The Hall–Kier alpha value is -1.42. The Morgan fingerprint density at radius 2 is 2.06 bits per heavy atom. The number of nitrogens with zero attached hydrogens (tertiary/aromatic N) is 2. The maximum Gasteiger partial charge on any atom is 0.207 e. The van der Waals surface area contributed by atoms with E-state index in [1.54, 1.807) is 11.8 Å². The highest BCUT2D eigenvalue weighted by molar-refractivity contribution is 7.98. The molecule has 4 heteroatoms. The summed E-state index contributed by atoms with van der Waals surface area (Å²) in [6.07, 6.45) is 4.08. The van der Waals surface area contributed by atoms with Gasteiger partial charge in [-0.05, 0) is 25.3 Å². The molecule has 0 radical (unpaired) electrons. The van der Waals surface area contributed by atoms with Gasteiger partial charge in [0.05, 0.1) is 11.4 Å². The van der Waals surface area contributed by atoms with Gasteiger partial charge < -0.3 is 9.88 Å². The normalized spacial score (nSPS) is 10.4. The second kappa shape index (κ2) is 4.61. The molecule has 2 aromatic rings. The summed E-state index contributed by atoms with van der Waals surface area (Å²) in [5.41, 5.74) is 2.12. The van der Waals surface area contributed by atoms with Crippen LogP contribution in [0.5, 0.6) is 0 Å². The second-order valence-electron chi connectivity index (χ2n) is 3.64. The standard InChI is InChI=1S/C12H15N3S/c1-9-8-15(2)12(13-9)14-10-6-4-5-7-11(10)16-3/h4-8H,1-3H3,(H,13,14). The van der Waals surface area contributed by atoms with Crippen LogP contribution in [0.4, 0.5) is 11.6 Å². The third kappa shape index (κ3) is 2.22. The topological polar surface area (TPSA) is 29.9 Å². The maximum absolute atomic E-state index is 4.42. The van der Waals surface area contributed by atoms with Crippen LogP contribution in [0.3, 0.4) is 0 Å². The molecule has 0 aliphatic carbocycles. The molecule has 16 heavy (non-hydrogen) atoms. The summed E-state index contributed by atoms with van der Waals surface area (Å²) < 4.78 is 1.99. The highest BCUT2D eigenvalue weighted by Crippen LogP contribution is 2.27. The van der Waals surface area contributed by atoms with E-state index < -0.39 is 0 Å². The van der Waals surface area contributed by atoms with E-state index in [4.69, 9.17) is 0 Å². The van der Waals surface area contributed by atoms with E-state index >= 15 is 0 Å². The van der Waals surface area contributed by atoms with Crippen LogP contribution in [0.1, 0.15) is 5.69 Å². The number of rotatable bonds is 3. The van der Waals surface area contributed by atoms with Crippen molar-refractivity contribution in [1.29, 1.82) is 0 Å². The number of para-hydroxylation sites is 1. The van der Waals surface area contributed by atoms with Crippen LogP contribution in [0, 0.1) is 6.92 Å². The molecule has 0 aliphatic rings. The number of imidazole rings is 1. The van der Waals surface area contributed by atoms with Gasteiger partial charge in [0.1, 0.15) is 0 Å². The third-order valence-electron chi connectivity index (χ3n) is 2.35. The molecule has 1 N–H and O–H groups in total. The molecule has 2 rings (SSSR count). The number of aryl methyl sites for hydroxylation is 2. The van der Waals surface area contributed by atoms with E-state index in [2.05, 4.69) is 28.7 Å².